The average Bonchev–Trinajstić information content (AvgIpc) is 3.17. The molecule has 1 amide bonds. The predicted molar refractivity (Wildman–Crippen MR) is 113 cm³/mol. The minimum absolute atomic E-state index is 0. The van der Waals surface area contributed by atoms with Crippen LogP contribution in [0.15, 0.2) is 42.6 Å². The van der Waals surface area contributed by atoms with Crippen LogP contribution in [0, 0.1) is 0 Å². The highest BCUT2D eigenvalue weighted by Crippen LogP contribution is 2.23. The van der Waals surface area contributed by atoms with E-state index in [1.165, 1.54) is 0 Å². The van der Waals surface area contributed by atoms with Crippen molar-refractivity contribution in [3.8, 4) is 17.4 Å². The summed E-state index contributed by atoms with van der Waals surface area (Å²) in [5.41, 5.74) is 0.940. The highest BCUT2D eigenvalue weighted by molar-refractivity contribution is 7.99. The molecule has 1 aliphatic rings. The number of pyridine rings is 1. The van der Waals surface area contributed by atoms with Crippen molar-refractivity contribution in [2.24, 2.45) is 0 Å². The molecule has 2 N–H and O–H groups in total. The number of amides is 1. The van der Waals surface area contributed by atoms with Gasteiger partial charge in [0.2, 0.25) is 11.8 Å². The third kappa shape index (κ3) is 7.10. The van der Waals surface area contributed by atoms with Gasteiger partial charge in [-0.15, -0.1) is 36.6 Å². The lowest BCUT2D eigenvalue weighted by Gasteiger charge is -2.11. The van der Waals surface area contributed by atoms with E-state index in [2.05, 4.69) is 15.6 Å². The number of aromatic nitrogens is 1. The Labute approximate surface area is 175 Å². The summed E-state index contributed by atoms with van der Waals surface area (Å²) in [5.74, 6) is 3.64. The van der Waals surface area contributed by atoms with Crippen molar-refractivity contribution in [2.45, 2.75) is 19.5 Å². The van der Waals surface area contributed by atoms with E-state index in [1.807, 2.05) is 43.3 Å². The lowest BCUT2D eigenvalue weighted by molar-refractivity contribution is -0.122. The number of carbonyl (C=O) groups excluding carboxylic acids is 1. The number of halogens is 2. The Morgan fingerprint density at radius 2 is 2.00 bits per heavy atom. The maximum atomic E-state index is 12.0. The van der Waals surface area contributed by atoms with Crippen LogP contribution in [0.5, 0.6) is 17.4 Å². The second kappa shape index (κ2) is 11.9. The molecule has 3 rings (SSSR count). The normalized spacial score (nSPS) is 15.2. The fourth-order valence-electron chi connectivity index (χ4n) is 2.38. The van der Waals surface area contributed by atoms with Gasteiger partial charge in [-0.25, -0.2) is 4.98 Å². The Hall–Kier alpha value is -1.67. The van der Waals surface area contributed by atoms with E-state index < -0.39 is 0 Å². The van der Waals surface area contributed by atoms with Gasteiger partial charge in [0.05, 0.1) is 12.6 Å². The van der Waals surface area contributed by atoms with Gasteiger partial charge >= 0.3 is 0 Å². The van der Waals surface area contributed by atoms with Gasteiger partial charge in [-0.2, -0.15) is 0 Å². The first-order valence-corrected chi connectivity index (χ1v) is 9.34. The first-order chi connectivity index (χ1) is 12.2. The SMILES string of the molecule is CCOc1ccc(Oc2cc(CNC(=O)C3CSCN3)ccn2)cc1.Cl.Cl. The number of hydrogen-bond donors (Lipinski definition) is 2. The molecule has 1 aromatic carbocycles. The largest absolute Gasteiger partial charge is 0.494 e. The maximum absolute atomic E-state index is 12.0. The first kappa shape index (κ1) is 23.4. The number of hydrogen-bond acceptors (Lipinski definition) is 6. The molecule has 1 unspecified atom stereocenters. The number of nitrogens with zero attached hydrogens (tertiary/aromatic N) is 1. The summed E-state index contributed by atoms with van der Waals surface area (Å²) in [4.78, 5) is 16.3. The van der Waals surface area contributed by atoms with Crippen molar-refractivity contribution in [1.82, 2.24) is 15.6 Å². The Morgan fingerprint density at radius 1 is 1.26 bits per heavy atom. The molecule has 2 heterocycles. The van der Waals surface area contributed by atoms with Crippen molar-refractivity contribution in [3.05, 3.63) is 48.2 Å². The number of carbonyl (C=O) groups is 1. The molecular weight excluding hydrogens is 409 g/mol. The van der Waals surface area contributed by atoms with Gasteiger partial charge in [0.15, 0.2) is 0 Å². The van der Waals surface area contributed by atoms with Crippen LogP contribution in [0.2, 0.25) is 0 Å². The number of ether oxygens (including phenoxy) is 2. The zero-order valence-corrected chi connectivity index (χ0v) is 17.3. The molecular formula is C18H23Cl2N3O3S. The molecule has 1 saturated heterocycles. The number of benzene rings is 1. The predicted octanol–water partition coefficient (Wildman–Crippen LogP) is 3.39. The second-order valence-electron chi connectivity index (χ2n) is 5.50. The Kier molecular flexibility index (Phi) is 10.3. The minimum Gasteiger partial charge on any atom is -0.494 e. The molecule has 9 heteroatoms. The summed E-state index contributed by atoms with van der Waals surface area (Å²) >= 11 is 1.73. The monoisotopic (exact) mass is 431 g/mol. The standard InChI is InChI=1S/C18H21N3O3S.2ClH/c1-2-23-14-3-5-15(6-4-14)24-17-9-13(7-8-19-17)10-20-18(22)16-11-25-12-21-16;;/h3-9,16,21H,2,10-12H2,1H3,(H,20,22);2*1H. The number of thioether (sulfide) groups is 1. The van der Waals surface area contributed by atoms with Crippen LogP contribution in [-0.4, -0.2) is 35.2 Å². The zero-order chi connectivity index (χ0) is 17.5. The minimum atomic E-state index is -0.105. The average molecular weight is 432 g/mol. The van der Waals surface area contributed by atoms with Crippen molar-refractivity contribution in [2.75, 3.05) is 18.2 Å². The topological polar surface area (TPSA) is 72.5 Å². The maximum Gasteiger partial charge on any atom is 0.238 e. The van der Waals surface area contributed by atoms with E-state index in [9.17, 15) is 4.79 Å². The third-order valence-electron chi connectivity index (χ3n) is 3.66. The summed E-state index contributed by atoms with van der Waals surface area (Å²) < 4.78 is 11.2. The van der Waals surface area contributed by atoms with Crippen LogP contribution < -0.4 is 20.1 Å². The molecule has 1 atom stereocenters. The van der Waals surface area contributed by atoms with Crippen molar-refractivity contribution in [1.29, 1.82) is 0 Å². The van der Waals surface area contributed by atoms with Gasteiger partial charge in [0, 0.05) is 30.4 Å². The van der Waals surface area contributed by atoms with Crippen molar-refractivity contribution < 1.29 is 14.3 Å². The molecule has 0 radical (unpaired) electrons. The molecule has 27 heavy (non-hydrogen) atoms. The lowest BCUT2D eigenvalue weighted by Crippen LogP contribution is -2.41. The van der Waals surface area contributed by atoms with E-state index in [-0.39, 0.29) is 36.8 Å². The van der Waals surface area contributed by atoms with E-state index in [0.29, 0.717) is 24.8 Å². The summed E-state index contributed by atoms with van der Waals surface area (Å²) in [6.07, 6.45) is 1.68. The van der Waals surface area contributed by atoms with Gasteiger partial charge in [-0.05, 0) is 42.8 Å². The molecule has 148 valence electrons. The molecule has 0 saturated carbocycles. The molecule has 0 bridgehead atoms. The Balaban J connectivity index is 0.00000182. The van der Waals surface area contributed by atoms with Crippen molar-refractivity contribution >= 4 is 42.5 Å². The van der Waals surface area contributed by atoms with Crippen LogP contribution in [0.1, 0.15) is 12.5 Å². The second-order valence-corrected chi connectivity index (χ2v) is 6.53. The summed E-state index contributed by atoms with van der Waals surface area (Å²) in [5, 5.41) is 6.09. The van der Waals surface area contributed by atoms with Crippen LogP contribution in [-0.2, 0) is 11.3 Å². The van der Waals surface area contributed by atoms with E-state index in [0.717, 1.165) is 22.9 Å². The van der Waals surface area contributed by atoms with Gasteiger partial charge in [-0.1, -0.05) is 0 Å². The van der Waals surface area contributed by atoms with E-state index in [1.54, 1.807) is 18.0 Å². The van der Waals surface area contributed by atoms with Crippen molar-refractivity contribution in [3.63, 3.8) is 0 Å². The summed E-state index contributed by atoms with van der Waals surface area (Å²) in [6.45, 7) is 3.02. The number of rotatable bonds is 7. The molecule has 6 nitrogen and oxygen atoms in total. The van der Waals surface area contributed by atoms with Gasteiger partial charge in [0.1, 0.15) is 11.5 Å². The van der Waals surface area contributed by atoms with Crippen LogP contribution in [0.4, 0.5) is 0 Å². The van der Waals surface area contributed by atoms with Crippen LogP contribution in [0.3, 0.4) is 0 Å². The van der Waals surface area contributed by atoms with Gasteiger partial charge in [-0.3, -0.25) is 10.1 Å². The fraction of sp³-hybridized carbons (Fsp3) is 0.333. The third-order valence-corrected chi connectivity index (χ3v) is 4.60. The highest BCUT2D eigenvalue weighted by atomic mass is 35.5. The Bertz CT molecular complexity index is 713. The lowest BCUT2D eigenvalue weighted by atomic mass is 10.2. The summed E-state index contributed by atoms with van der Waals surface area (Å²) in [7, 11) is 0. The molecule has 0 spiro atoms. The van der Waals surface area contributed by atoms with Crippen LogP contribution >= 0.6 is 36.6 Å². The fourth-order valence-corrected chi connectivity index (χ4v) is 3.33. The molecule has 1 fully saturated rings. The van der Waals surface area contributed by atoms with E-state index >= 15 is 0 Å². The Morgan fingerprint density at radius 3 is 2.67 bits per heavy atom. The van der Waals surface area contributed by atoms with Gasteiger partial charge in [0.25, 0.3) is 0 Å². The van der Waals surface area contributed by atoms with E-state index in [4.69, 9.17) is 9.47 Å². The quantitative estimate of drug-likeness (QED) is 0.699. The molecule has 1 aromatic heterocycles. The van der Waals surface area contributed by atoms with Gasteiger partial charge < -0.3 is 14.8 Å². The summed E-state index contributed by atoms with van der Waals surface area (Å²) in [6, 6.07) is 11.0. The molecule has 0 aliphatic carbocycles. The molecule has 1 aliphatic heterocycles. The first-order valence-electron chi connectivity index (χ1n) is 8.19. The number of nitrogens with one attached hydrogen (secondary N) is 2. The molecule has 2 aromatic rings. The van der Waals surface area contributed by atoms with Crippen LogP contribution in [0.25, 0.3) is 0 Å². The zero-order valence-electron chi connectivity index (χ0n) is 14.8. The smallest absolute Gasteiger partial charge is 0.238 e. The highest BCUT2D eigenvalue weighted by Gasteiger charge is 2.21.